The number of ether oxygens (including phenoxy) is 3. The first-order chi connectivity index (χ1) is 10.6. The third-order valence-corrected chi connectivity index (χ3v) is 3.50. The molecule has 0 atom stereocenters. The summed E-state index contributed by atoms with van der Waals surface area (Å²) >= 11 is 0. The molecule has 3 heteroatoms. The molecular formula is C20H32O3. The van der Waals surface area contributed by atoms with Crippen molar-refractivity contribution < 1.29 is 14.2 Å². The van der Waals surface area contributed by atoms with E-state index in [0.29, 0.717) is 13.2 Å². The highest BCUT2D eigenvalue weighted by Crippen LogP contribution is 2.34. The lowest BCUT2D eigenvalue weighted by Crippen LogP contribution is -2.21. The van der Waals surface area contributed by atoms with Gasteiger partial charge in [0, 0.05) is 11.1 Å². The van der Waals surface area contributed by atoms with Crippen LogP contribution in [0.5, 0.6) is 5.75 Å². The van der Waals surface area contributed by atoms with Crippen LogP contribution in [0, 0.1) is 10.8 Å². The van der Waals surface area contributed by atoms with E-state index in [9.17, 15) is 0 Å². The SMILES string of the molecule is CO/C(=C(/COCC(C)(C)C)C(C)(C)C)c1cccc(OC)c1. The summed E-state index contributed by atoms with van der Waals surface area (Å²) in [6.45, 7) is 14.3. The minimum absolute atomic E-state index is 0.0493. The van der Waals surface area contributed by atoms with Gasteiger partial charge in [0.2, 0.25) is 0 Å². The molecule has 1 aromatic rings. The fourth-order valence-corrected chi connectivity index (χ4v) is 2.26. The Balaban J connectivity index is 3.19. The summed E-state index contributed by atoms with van der Waals surface area (Å²) in [4.78, 5) is 0. The molecule has 0 saturated carbocycles. The molecule has 0 bridgehead atoms. The molecule has 0 spiro atoms. The Hall–Kier alpha value is -1.48. The van der Waals surface area contributed by atoms with Crippen molar-refractivity contribution in [3.05, 3.63) is 35.4 Å². The second-order valence-electron chi connectivity index (χ2n) is 8.05. The van der Waals surface area contributed by atoms with Gasteiger partial charge in [0.25, 0.3) is 0 Å². The third-order valence-electron chi connectivity index (χ3n) is 3.50. The van der Waals surface area contributed by atoms with Crippen molar-refractivity contribution in [3.63, 3.8) is 0 Å². The molecule has 1 aromatic carbocycles. The Kier molecular flexibility index (Phi) is 6.69. The highest BCUT2D eigenvalue weighted by Gasteiger charge is 2.24. The smallest absolute Gasteiger partial charge is 0.128 e. The number of hydrogen-bond acceptors (Lipinski definition) is 3. The van der Waals surface area contributed by atoms with E-state index in [1.165, 1.54) is 0 Å². The van der Waals surface area contributed by atoms with Gasteiger partial charge in [0.1, 0.15) is 11.5 Å². The molecule has 0 aliphatic carbocycles. The fourth-order valence-electron chi connectivity index (χ4n) is 2.26. The van der Waals surface area contributed by atoms with Gasteiger partial charge in [-0.15, -0.1) is 0 Å². The Bertz CT molecular complexity index is 531. The largest absolute Gasteiger partial charge is 0.497 e. The molecule has 0 aliphatic rings. The van der Waals surface area contributed by atoms with Crippen LogP contribution in [0.1, 0.15) is 47.1 Å². The normalized spacial score (nSPS) is 13.6. The van der Waals surface area contributed by atoms with Crippen molar-refractivity contribution in [3.8, 4) is 5.75 Å². The van der Waals surface area contributed by atoms with Gasteiger partial charge in [-0.25, -0.2) is 0 Å². The molecule has 130 valence electrons. The van der Waals surface area contributed by atoms with Gasteiger partial charge in [-0.2, -0.15) is 0 Å². The quantitative estimate of drug-likeness (QED) is 0.677. The maximum atomic E-state index is 5.98. The second-order valence-corrected chi connectivity index (χ2v) is 8.05. The van der Waals surface area contributed by atoms with E-state index in [1.807, 2.05) is 24.3 Å². The topological polar surface area (TPSA) is 27.7 Å². The summed E-state index contributed by atoms with van der Waals surface area (Å²) in [5.41, 5.74) is 2.26. The molecular weight excluding hydrogens is 288 g/mol. The molecule has 1 rings (SSSR count). The van der Waals surface area contributed by atoms with Crippen molar-refractivity contribution in [2.75, 3.05) is 27.4 Å². The molecule has 0 unspecified atom stereocenters. The summed E-state index contributed by atoms with van der Waals surface area (Å²) in [6, 6.07) is 7.94. The van der Waals surface area contributed by atoms with E-state index in [2.05, 4.69) is 41.5 Å². The standard InChI is InChI=1S/C20H32O3/c1-19(2,3)14-23-13-17(20(4,5)6)18(22-8)15-10-9-11-16(12-15)21-7/h9-12H,13-14H2,1-8H3/b18-17-. The number of benzene rings is 1. The van der Waals surface area contributed by atoms with Crippen molar-refractivity contribution in [1.82, 2.24) is 0 Å². The number of hydrogen-bond donors (Lipinski definition) is 0. The van der Waals surface area contributed by atoms with Crippen LogP contribution in [0.25, 0.3) is 5.76 Å². The average molecular weight is 320 g/mol. The van der Waals surface area contributed by atoms with Gasteiger partial charge < -0.3 is 14.2 Å². The predicted molar refractivity (Wildman–Crippen MR) is 96.7 cm³/mol. The summed E-state index contributed by atoms with van der Waals surface area (Å²) in [5.74, 6) is 1.69. The fraction of sp³-hybridized carbons (Fsp3) is 0.600. The van der Waals surface area contributed by atoms with Gasteiger partial charge in [0.15, 0.2) is 0 Å². The van der Waals surface area contributed by atoms with E-state index in [1.54, 1.807) is 14.2 Å². The van der Waals surface area contributed by atoms with Crippen LogP contribution in [-0.2, 0) is 9.47 Å². The summed E-state index contributed by atoms with van der Waals surface area (Å²) < 4.78 is 17.1. The number of methoxy groups -OCH3 is 2. The Morgan fingerprint density at radius 1 is 1.00 bits per heavy atom. The lowest BCUT2D eigenvalue weighted by atomic mass is 9.84. The molecule has 0 saturated heterocycles. The zero-order valence-electron chi connectivity index (χ0n) is 15.9. The minimum atomic E-state index is -0.0493. The summed E-state index contributed by atoms with van der Waals surface area (Å²) in [7, 11) is 3.39. The molecule has 0 fully saturated rings. The molecule has 0 N–H and O–H groups in total. The van der Waals surface area contributed by atoms with Crippen LogP contribution in [-0.4, -0.2) is 27.4 Å². The van der Waals surface area contributed by atoms with Crippen LogP contribution >= 0.6 is 0 Å². The lowest BCUT2D eigenvalue weighted by Gasteiger charge is -2.28. The first-order valence-corrected chi connectivity index (χ1v) is 8.08. The molecule has 0 amide bonds. The van der Waals surface area contributed by atoms with Crippen LogP contribution in [0.3, 0.4) is 0 Å². The highest BCUT2D eigenvalue weighted by molar-refractivity contribution is 5.65. The lowest BCUT2D eigenvalue weighted by molar-refractivity contribution is 0.0787. The van der Waals surface area contributed by atoms with Crippen LogP contribution in [0.4, 0.5) is 0 Å². The van der Waals surface area contributed by atoms with E-state index < -0.39 is 0 Å². The van der Waals surface area contributed by atoms with E-state index in [-0.39, 0.29) is 10.8 Å². The van der Waals surface area contributed by atoms with E-state index in [0.717, 1.165) is 22.6 Å². The van der Waals surface area contributed by atoms with Crippen molar-refractivity contribution >= 4 is 5.76 Å². The van der Waals surface area contributed by atoms with Gasteiger partial charge in [-0.05, 0) is 23.0 Å². The molecule has 0 heterocycles. The van der Waals surface area contributed by atoms with Crippen LogP contribution < -0.4 is 4.74 Å². The van der Waals surface area contributed by atoms with Gasteiger partial charge in [0.05, 0.1) is 27.4 Å². The maximum Gasteiger partial charge on any atom is 0.128 e. The Labute approximate surface area is 141 Å². The zero-order valence-corrected chi connectivity index (χ0v) is 15.9. The summed E-state index contributed by atoms with van der Waals surface area (Å²) in [6.07, 6.45) is 0. The van der Waals surface area contributed by atoms with Crippen molar-refractivity contribution in [2.24, 2.45) is 10.8 Å². The Morgan fingerprint density at radius 3 is 2.13 bits per heavy atom. The third kappa shape index (κ3) is 6.26. The summed E-state index contributed by atoms with van der Waals surface area (Å²) in [5, 5.41) is 0. The molecule has 3 nitrogen and oxygen atoms in total. The molecule has 0 radical (unpaired) electrons. The molecule has 23 heavy (non-hydrogen) atoms. The predicted octanol–water partition coefficient (Wildman–Crippen LogP) is 5.16. The van der Waals surface area contributed by atoms with E-state index >= 15 is 0 Å². The molecule has 0 aromatic heterocycles. The molecule has 0 aliphatic heterocycles. The van der Waals surface area contributed by atoms with E-state index in [4.69, 9.17) is 14.2 Å². The van der Waals surface area contributed by atoms with Gasteiger partial charge in [-0.3, -0.25) is 0 Å². The van der Waals surface area contributed by atoms with Crippen LogP contribution in [0.2, 0.25) is 0 Å². The van der Waals surface area contributed by atoms with Crippen LogP contribution in [0.15, 0.2) is 29.8 Å². The van der Waals surface area contributed by atoms with Gasteiger partial charge in [-0.1, -0.05) is 53.7 Å². The first kappa shape index (κ1) is 19.6. The first-order valence-electron chi connectivity index (χ1n) is 8.08. The second kappa shape index (κ2) is 7.87. The average Bonchev–Trinajstić information content (AvgIpc) is 2.44. The van der Waals surface area contributed by atoms with Crippen molar-refractivity contribution in [2.45, 2.75) is 41.5 Å². The minimum Gasteiger partial charge on any atom is -0.497 e. The monoisotopic (exact) mass is 320 g/mol. The highest BCUT2D eigenvalue weighted by atomic mass is 16.5. The Morgan fingerprint density at radius 2 is 1.65 bits per heavy atom. The zero-order chi connectivity index (χ0) is 17.7. The maximum absolute atomic E-state index is 5.98. The van der Waals surface area contributed by atoms with Crippen molar-refractivity contribution in [1.29, 1.82) is 0 Å². The van der Waals surface area contributed by atoms with Gasteiger partial charge >= 0.3 is 0 Å². The number of rotatable bonds is 6.